The fourth-order valence-electron chi connectivity index (χ4n) is 2.03. The van der Waals surface area contributed by atoms with Gasteiger partial charge in [0.2, 0.25) is 5.95 Å². The van der Waals surface area contributed by atoms with Gasteiger partial charge in [0.25, 0.3) is 0 Å². The molecule has 6 heteroatoms. The lowest BCUT2D eigenvalue weighted by atomic mass is 10.3. The number of hydrogen-bond donors (Lipinski definition) is 1. The molecule has 1 aliphatic rings. The molecule has 2 heterocycles. The first kappa shape index (κ1) is 13.5. The average Bonchev–Trinajstić information content (AvgIpc) is 2.77. The fourth-order valence-corrected chi connectivity index (χ4v) is 2.03. The van der Waals surface area contributed by atoms with Crippen molar-refractivity contribution >= 4 is 0 Å². The number of nitrogens with zero attached hydrogens (tertiary/aromatic N) is 3. The minimum atomic E-state index is -0.226. The second-order valence-corrected chi connectivity index (χ2v) is 4.41. The van der Waals surface area contributed by atoms with Crippen LogP contribution >= 0.6 is 0 Å². The van der Waals surface area contributed by atoms with E-state index in [2.05, 4.69) is 15.3 Å². The van der Waals surface area contributed by atoms with Crippen LogP contribution in [0.3, 0.4) is 0 Å². The third kappa shape index (κ3) is 3.51. The molecule has 1 aromatic heterocycles. The number of halogens is 1. The summed E-state index contributed by atoms with van der Waals surface area (Å²) in [6.45, 7) is 8.44. The van der Waals surface area contributed by atoms with Gasteiger partial charge in [-0.25, -0.2) is 4.68 Å². The second kappa shape index (κ2) is 6.82. The number of aromatic nitrogens is 2. The molecule has 5 nitrogen and oxygen atoms in total. The van der Waals surface area contributed by atoms with Crippen molar-refractivity contribution in [2.45, 2.75) is 20.0 Å². The number of ether oxygens (including phenoxy) is 1. The van der Waals surface area contributed by atoms with Crippen molar-refractivity contribution in [2.24, 2.45) is 0 Å². The fraction of sp³-hybridized carbons (Fsp3) is 0.750. The van der Waals surface area contributed by atoms with Crippen molar-refractivity contribution in [3.63, 3.8) is 0 Å². The lowest BCUT2D eigenvalue weighted by Crippen LogP contribution is -2.40. The molecule has 1 aromatic rings. The van der Waals surface area contributed by atoms with Gasteiger partial charge in [-0.2, -0.15) is 9.49 Å². The zero-order chi connectivity index (χ0) is 12.8. The third-order valence-corrected chi connectivity index (χ3v) is 3.17. The molecule has 0 bridgehead atoms. The van der Waals surface area contributed by atoms with Crippen LogP contribution in [-0.2, 0) is 17.8 Å². The molecule has 0 aliphatic carbocycles. The molecule has 0 unspecified atom stereocenters. The van der Waals surface area contributed by atoms with Gasteiger partial charge >= 0.3 is 0 Å². The van der Waals surface area contributed by atoms with Gasteiger partial charge in [0.15, 0.2) is 0 Å². The summed E-state index contributed by atoms with van der Waals surface area (Å²) < 4.78 is 20.3. The summed E-state index contributed by atoms with van der Waals surface area (Å²) in [6.07, 6.45) is 1.60. The number of hydrogen-bond acceptors (Lipinski definition) is 4. The van der Waals surface area contributed by atoms with Gasteiger partial charge < -0.3 is 10.1 Å². The van der Waals surface area contributed by atoms with Crippen LogP contribution in [0.15, 0.2) is 6.20 Å². The third-order valence-electron chi connectivity index (χ3n) is 3.17. The highest BCUT2D eigenvalue weighted by Crippen LogP contribution is 2.05. The maximum absolute atomic E-state index is 13.6. The van der Waals surface area contributed by atoms with E-state index < -0.39 is 0 Å². The normalized spacial score (nSPS) is 17.2. The van der Waals surface area contributed by atoms with Gasteiger partial charge in [-0.1, -0.05) is 0 Å². The first-order chi connectivity index (χ1) is 8.81. The van der Waals surface area contributed by atoms with E-state index >= 15 is 0 Å². The average molecular weight is 256 g/mol. The molecule has 1 saturated heterocycles. The van der Waals surface area contributed by atoms with Crippen LogP contribution in [0.2, 0.25) is 0 Å². The molecule has 0 amide bonds. The monoisotopic (exact) mass is 256 g/mol. The standard InChI is InChI=1S/C12H21FN4O/c1-2-17-12(13)11(10-15-17)9-14-3-4-16-5-7-18-8-6-16/h10,14H,2-9H2,1H3. The second-order valence-electron chi connectivity index (χ2n) is 4.41. The van der Waals surface area contributed by atoms with Crippen molar-refractivity contribution in [1.82, 2.24) is 20.0 Å². The molecule has 1 aliphatic heterocycles. The molecular formula is C12H21FN4O. The number of morpholine rings is 1. The Morgan fingerprint density at radius 3 is 2.89 bits per heavy atom. The largest absolute Gasteiger partial charge is 0.379 e. The highest BCUT2D eigenvalue weighted by molar-refractivity contribution is 5.06. The Balaban J connectivity index is 1.66. The van der Waals surface area contributed by atoms with Crippen molar-refractivity contribution < 1.29 is 9.13 Å². The van der Waals surface area contributed by atoms with Gasteiger partial charge in [0.1, 0.15) is 0 Å². The minimum absolute atomic E-state index is 0.226. The van der Waals surface area contributed by atoms with E-state index in [0.717, 1.165) is 39.4 Å². The maximum Gasteiger partial charge on any atom is 0.215 e. The Hall–Kier alpha value is -0.980. The lowest BCUT2D eigenvalue weighted by molar-refractivity contribution is 0.0384. The van der Waals surface area contributed by atoms with Crippen LogP contribution in [-0.4, -0.2) is 54.1 Å². The SMILES string of the molecule is CCn1ncc(CNCCN2CCOCC2)c1F. The number of aryl methyl sites for hydroxylation is 1. The first-order valence-corrected chi connectivity index (χ1v) is 6.52. The Morgan fingerprint density at radius 1 is 1.44 bits per heavy atom. The van der Waals surface area contributed by atoms with E-state index in [1.54, 1.807) is 6.20 Å². The van der Waals surface area contributed by atoms with Crippen LogP contribution < -0.4 is 5.32 Å². The predicted molar refractivity (Wildman–Crippen MR) is 66.8 cm³/mol. The molecular weight excluding hydrogens is 235 g/mol. The quantitative estimate of drug-likeness (QED) is 0.751. The van der Waals surface area contributed by atoms with Crippen LogP contribution in [0.25, 0.3) is 0 Å². The molecule has 102 valence electrons. The Bertz CT molecular complexity index is 363. The van der Waals surface area contributed by atoms with Gasteiger partial charge in [-0.15, -0.1) is 0 Å². The summed E-state index contributed by atoms with van der Waals surface area (Å²) in [4.78, 5) is 2.35. The van der Waals surface area contributed by atoms with Gasteiger partial charge in [0.05, 0.1) is 19.4 Å². The van der Waals surface area contributed by atoms with Crippen molar-refractivity contribution in [3.05, 3.63) is 17.7 Å². The van der Waals surface area contributed by atoms with Gasteiger partial charge in [0, 0.05) is 44.8 Å². The Morgan fingerprint density at radius 2 is 2.22 bits per heavy atom. The summed E-state index contributed by atoms with van der Waals surface area (Å²) >= 11 is 0. The van der Waals surface area contributed by atoms with E-state index in [1.807, 2.05) is 6.92 Å². The smallest absolute Gasteiger partial charge is 0.215 e. The van der Waals surface area contributed by atoms with Crippen molar-refractivity contribution in [1.29, 1.82) is 0 Å². The van der Waals surface area contributed by atoms with Crippen LogP contribution in [0.5, 0.6) is 0 Å². The maximum atomic E-state index is 13.6. The Kier molecular flexibility index (Phi) is 5.10. The number of nitrogens with one attached hydrogen (secondary N) is 1. The predicted octanol–water partition coefficient (Wildman–Crippen LogP) is 0.464. The number of rotatable bonds is 6. The molecule has 18 heavy (non-hydrogen) atoms. The first-order valence-electron chi connectivity index (χ1n) is 6.52. The van der Waals surface area contributed by atoms with E-state index in [0.29, 0.717) is 18.7 Å². The molecule has 0 radical (unpaired) electrons. The van der Waals surface area contributed by atoms with E-state index in [4.69, 9.17) is 4.74 Å². The minimum Gasteiger partial charge on any atom is -0.379 e. The van der Waals surface area contributed by atoms with Gasteiger partial charge in [-0.3, -0.25) is 4.90 Å². The summed E-state index contributed by atoms with van der Waals surface area (Å²) in [5.41, 5.74) is 0.638. The van der Waals surface area contributed by atoms with Crippen molar-refractivity contribution in [2.75, 3.05) is 39.4 Å². The van der Waals surface area contributed by atoms with Gasteiger partial charge in [-0.05, 0) is 6.92 Å². The van der Waals surface area contributed by atoms with Crippen molar-refractivity contribution in [3.8, 4) is 0 Å². The summed E-state index contributed by atoms with van der Waals surface area (Å²) in [5, 5.41) is 7.23. The van der Waals surface area contributed by atoms with Crippen LogP contribution in [0, 0.1) is 5.95 Å². The van der Waals surface area contributed by atoms with Crippen LogP contribution in [0.1, 0.15) is 12.5 Å². The topological polar surface area (TPSA) is 42.3 Å². The molecule has 2 rings (SSSR count). The van der Waals surface area contributed by atoms with E-state index in [1.165, 1.54) is 4.68 Å². The van der Waals surface area contributed by atoms with Crippen LogP contribution in [0.4, 0.5) is 4.39 Å². The highest BCUT2D eigenvalue weighted by Gasteiger charge is 2.10. The summed E-state index contributed by atoms with van der Waals surface area (Å²) in [5.74, 6) is -0.226. The zero-order valence-corrected chi connectivity index (χ0v) is 10.9. The summed E-state index contributed by atoms with van der Waals surface area (Å²) in [7, 11) is 0. The summed E-state index contributed by atoms with van der Waals surface area (Å²) in [6, 6.07) is 0. The zero-order valence-electron chi connectivity index (χ0n) is 10.9. The molecule has 0 aromatic carbocycles. The molecule has 1 N–H and O–H groups in total. The Labute approximate surface area is 107 Å². The molecule has 0 spiro atoms. The molecule has 0 saturated carbocycles. The molecule has 1 fully saturated rings. The van der Waals surface area contributed by atoms with E-state index in [-0.39, 0.29) is 5.95 Å². The molecule has 0 atom stereocenters. The van der Waals surface area contributed by atoms with E-state index in [9.17, 15) is 4.39 Å². The highest BCUT2D eigenvalue weighted by atomic mass is 19.1. The lowest BCUT2D eigenvalue weighted by Gasteiger charge is -2.26.